The summed E-state index contributed by atoms with van der Waals surface area (Å²) in [6.45, 7) is 1.99. The van der Waals surface area contributed by atoms with E-state index in [2.05, 4.69) is 25.4 Å². The van der Waals surface area contributed by atoms with Crippen molar-refractivity contribution in [3.63, 3.8) is 0 Å². The third kappa shape index (κ3) is 4.57. The number of fused-ring (bicyclic) bond motifs is 1. The Hall–Kier alpha value is -4.25. The monoisotopic (exact) mass is 436 g/mol. The molecule has 4 rings (SSSR count). The van der Waals surface area contributed by atoms with Gasteiger partial charge in [0.15, 0.2) is 5.75 Å². The van der Waals surface area contributed by atoms with Gasteiger partial charge in [-0.1, -0.05) is 30.3 Å². The van der Waals surface area contributed by atoms with Crippen LogP contribution in [0.1, 0.15) is 22.4 Å². The Balaban J connectivity index is 1.47. The van der Waals surface area contributed by atoms with E-state index < -0.39 is 16.4 Å². The number of anilines is 1. The molecule has 0 spiro atoms. The fourth-order valence-corrected chi connectivity index (χ4v) is 3.51. The number of benzene rings is 2. The second-order valence-corrected chi connectivity index (χ2v) is 7.31. The third-order valence-corrected chi connectivity index (χ3v) is 5.09. The maximum atomic E-state index is 12.6. The van der Waals surface area contributed by atoms with E-state index in [1.807, 2.05) is 30.3 Å². The van der Waals surface area contributed by atoms with E-state index in [0.29, 0.717) is 24.2 Å². The molecule has 164 valence electrons. The van der Waals surface area contributed by atoms with Crippen molar-refractivity contribution in [3.05, 3.63) is 85.3 Å². The van der Waals surface area contributed by atoms with Gasteiger partial charge in [-0.15, -0.1) is 0 Å². The number of nitro benzene ring substituents is 1. The number of aromatic amines is 1. The van der Waals surface area contributed by atoms with Crippen molar-refractivity contribution < 1.29 is 15.1 Å². The second kappa shape index (κ2) is 8.86. The summed E-state index contributed by atoms with van der Waals surface area (Å²) in [6.07, 6.45) is 1.73. The van der Waals surface area contributed by atoms with Crippen molar-refractivity contribution in [2.24, 2.45) is 5.10 Å². The maximum absolute atomic E-state index is 12.6. The molecule has 1 aliphatic heterocycles. The van der Waals surface area contributed by atoms with Crippen LogP contribution in [0.15, 0.2) is 52.4 Å². The lowest BCUT2D eigenvalue weighted by Gasteiger charge is -2.27. The molecule has 0 unspecified atom stereocenters. The number of nitrogens with one attached hydrogen (secondary N) is 2. The largest absolute Gasteiger partial charge is 0.507 e. The van der Waals surface area contributed by atoms with Gasteiger partial charge in [0, 0.05) is 43.8 Å². The molecule has 11 heteroatoms. The average molecular weight is 436 g/mol. The summed E-state index contributed by atoms with van der Waals surface area (Å²) >= 11 is 0. The number of phenols is 2. The summed E-state index contributed by atoms with van der Waals surface area (Å²) in [4.78, 5) is 31.9. The van der Waals surface area contributed by atoms with Crippen LogP contribution >= 0.6 is 0 Å². The molecule has 2 heterocycles. The zero-order valence-electron chi connectivity index (χ0n) is 16.9. The minimum atomic E-state index is -0.775. The minimum absolute atomic E-state index is 0.0128. The number of aromatic hydroxyl groups is 2. The van der Waals surface area contributed by atoms with Gasteiger partial charge in [0.1, 0.15) is 5.75 Å². The molecule has 2 aromatic carbocycles. The number of hydrogen-bond donors (Lipinski definition) is 4. The lowest BCUT2D eigenvalue weighted by Crippen LogP contribution is -2.35. The summed E-state index contributed by atoms with van der Waals surface area (Å²) in [5, 5.41) is 34.2. The Bertz CT molecular complexity index is 1240. The van der Waals surface area contributed by atoms with Crippen LogP contribution in [0.4, 0.5) is 11.6 Å². The van der Waals surface area contributed by atoms with Crippen LogP contribution in [0.2, 0.25) is 0 Å². The van der Waals surface area contributed by atoms with Gasteiger partial charge in [-0.25, -0.2) is 10.4 Å². The van der Waals surface area contributed by atoms with E-state index >= 15 is 0 Å². The number of hydrazone groups is 1. The molecular formula is C21H20N6O5. The molecule has 0 aliphatic carbocycles. The summed E-state index contributed by atoms with van der Waals surface area (Å²) < 4.78 is 0. The Morgan fingerprint density at radius 3 is 2.78 bits per heavy atom. The Morgan fingerprint density at radius 2 is 2.03 bits per heavy atom. The highest BCUT2D eigenvalue weighted by Crippen LogP contribution is 2.32. The molecule has 3 aromatic rings. The molecule has 1 aromatic heterocycles. The summed E-state index contributed by atoms with van der Waals surface area (Å²) in [6, 6.07) is 11.9. The van der Waals surface area contributed by atoms with Gasteiger partial charge in [0.2, 0.25) is 5.95 Å². The fourth-order valence-electron chi connectivity index (χ4n) is 3.51. The van der Waals surface area contributed by atoms with Crippen molar-refractivity contribution >= 4 is 17.9 Å². The second-order valence-electron chi connectivity index (χ2n) is 7.31. The maximum Gasteiger partial charge on any atom is 0.311 e. The molecule has 0 saturated carbocycles. The van der Waals surface area contributed by atoms with E-state index in [1.54, 1.807) is 0 Å². The molecular weight excluding hydrogens is 416 g/mol. The van der Waals surface area contributed by atoms with Crippen LogP contribution in [-0.2, 0) is 19.5 Å². The van der Waals surface area contributed by atoms with Crippen molar-refractivity contribution in [2.75, 3.05) is 12.0 Å². The van der Waals surface area contributed by atoms with Crippen LogP contribution in [-0.4, -0.2) is 42.8 Å². The van der Waals surface area contributed by atoms with Crippen molar-refractivity contribution in [1.29, 1.82) is 0 Å². The molecule has 11 nitrogen and oxygen atoms in total. The number of phenolic OH excluding ortho intramolecular Hbond substituents is 2. The first kappa shape index (κ1) is 21.0. The topological polar surface area (TPSA) is 157 Å². The van der Waals surface area contributed by atoms with Crippen LogP contribution in [0.3, 0.4) is 0 Å². The lowest BCUT2D eigenvalue weighted by molar-refractivity contribution is -0.385. The van der Waals surface area contributed by atoms with E-state index in [-0.39, 0.29) is 22.8 Å². The number of rotatable bonds is 6. The molecule has 0 bridgehead atoms. The molecule has 0 saturated heterocycles. The van der Waals surface area contributed by atoms with Crippen molar-refractivity contribution in [1.82, 2.24) is 14.9 Å². The molecule has 0 fully saturated rings. The van der Waals surface area contributed by atoms with Gasteiger partial charge in [0.25, 0.3) is 5.56 Å². The quantitative estimate of drug-likeness (QED) is 0.260. The molecule has 32 heavy (non-hydrogen) atoms. The standard InChI is InChI=1S/C21H20N6O5/c28-18-9-19(29)17(27(31)32)8-14(18)10-22-25-21-23-16-6-7-26(12-15(16)20(30)24-21)11-13-4-2-1-3-5-13/h1-5,8-10,28-29H,6-7,11-12H2,(H2,23,24,25,30)/b22-10-. The van der Waals surface area contributed by atoms with Crippen LogP contribution in [0.25, 0.3) is 0 Å². The fraction of sp³-hybridized carbons (Fsp3) is 0.190. The SMILES string of the molecule is O=c1[nH]c(N/N=C\c2cc([N+](=O)[O-])c(O)cc2O)nc2c1CN(Cc1ccccc1)CC2. The van der Waals surface area contributed by atoms with Crippen LogP contribution in [0.5, 0.6) is 11.5 Å². The Kier molecular flexibility index (Phi) is 5.81. The summed E-state index contributed by atoms with van der Waals surface area (Å²) in [5.41, 5.74) is 4.21. The smallest absolute Gasteiger partial charge is 0.311 e. The van der Waals surface area contributed by atoms with Gasteiger partial charge < -0.3 is 10.2 Å². The van der Waals surface area contributed by atoms with Gasteiger partial charge in [-0.05, 0) is 5.56 Å². The highest BCUT2D eigenvalue weighted by atomic mass is 16.6. The number of hydrogen-bond acceptors (Lipinski definition) is 9. The third-order valence-electron chi connectivity index (χ3n) is 5.09. The van der Waals surface area contributed by atoms with Gasteiger partial charge in [-0.3, -0.25) is 24.8 Å². The summed E-state index contributed by atoms with van der Waals surface area (Å²) in [5.74, 6) is -0.919. The molecule has 0 radical (unpaired) electrons. The van der Waals surface area contributed by atoms with Gasteiger partial charge in [0.05, 0.1) is 22.4 Å². The number of nitrogens with zero attached hydrogens (tertiary/aromatic N) is 4. The molecule has 0 amide bonds. The average Bonchev–Trinajstić information content (AvgIpc) is 2.76. The summed E-state index contributed by atoms with van der Waals surface area (Å²) in [7, 11) is 0. The number of nitro groups is 1. The first-order valence-electron chi connectivity index (χ1n) is 9.78. The minimum Gasteiger partial charge on any atom is -0.507 e. The number of H-pyrrole nitrogens is 1. The first-order valence-corrected chi connectivity index (χ1v) is 9.78. The Morgan fingerprint density at radius 1 is 1.25 bits per heavy atom. The van der Waals surface area contributed by atoms with Crippen LogP contribution in [0, 0.1) is 10.1 Å². The highest BCUT2D eigenvalue weighted by molar-refractivity contribution is 5.85. The number of aromatic nitrogens is 2. The van der Waals surface area contributed by atoms with E-state index in [0.717, 1.165) is 31.4 Å². The predicted octanol–water partition coefficient (Wildman–Crippen LogP) is 2.09. The molecule has 0 atom stereocenters. The highest BCUT2D eigenvalue weighted by Gasteiger charge is 2.21. The predicted molar refractivity (Wildman–Crippen MR) is 117 cm³/mol. The van der Waals surface area contributed by atoms with Crippen molar-refractivity contribution in [3.8, 4) is 11.5 Å². The Labute approximate surface area is 181 Å². The van der Waals surface area contributed by atoms with Gasteiger partial charge >= 0.3 is 5.69 Å². The lowest BCUT2D eigenvalue weighted by atomic mass is 10.1. The van der Waals surface area contributed by atoms with E-state index in [1.165, 1.54) is 5.56 Å². The molecule has 1 aliphatic rings. The zero-order valence-corrected chi connectivity index (χ0v) is 16.9. The zero-order chi connectivity index (χ0) is 22.7. The first-order chi connectivity index (χ1) is 15.4. The van der Waals surface area contributed by atoms with Gasteiger partial charge in [-0.2, -0.15) is 5.10 Å². The van der Waals surface area contributed by atoms with E-state index in [9.17, 15) is 25.1 Å². The normalized spacial score (nSPS) is 13.8. The van der Waals surface area contributed by atoms with Crippen molar-refractivity contribution in [2.45, 2.75) is 19.5 Å². The molecule has 4 N–H and O–H groups in total. The van der Waals surface area contributed by atoms with E-state index in [4.69, 9.17) is 0 Å². The van der Waals surface area contributed by atoms with Crippen LogP contribution < -0.4 is 11.0 Å².